The second-order valence-corrected chi connectivity index (χ2v) is 9.52. The van der Waals surface area contributed by atoms with Crippen molar-refractivity contribution < 1.29 is 0 Å². The third-order valence-corrected chi connectivity index (χ3v) is 7.84. The van der Waals surface area contributed by atoms with E-state index >= 15 is 0 Å². The number of aryl methyl sites for hydroxylation is 3. The molecule has 0 aromatic heterocycles. The molecule has 4 aromatic rings. The molecule has 0 fully saturated rings. The first-order valence-corrected chi connectivity index (χ1v) is 11.4. The second-order valence-electron chi connectivity index (χ2n) is 9.52. The van der Waals surface area contributed by atoms with Gasteiger partial charge in [-0.15, -0.1) is 0 Å². The number of fused-ring (bicyclic) bond motifs is 5. The highest BCUT2D eigenvalue weighted by atomic mass is 14.6. The molecule has 0 heteroatoms. The van der Waals surface area contributed by atoms with E-state index in [9.17, 15) is 0 Å². The van der Waals surface area contributed by atoms with Crippen molar-refractivity contribution in [2.24, 2.45) is 5.92 Å². The monoisotopic (exact) mass is 400 g/mol. The molecule has 0 N–H and O–H groups in total. The van der Waals surface area contributed by atoms with Gasteiger partial charge in [0, 0.05) is 11.3 Å². The van der Waals surface area contributed by atoms with Crippen LogP contribution in [0.4, 0.5) is 0 Å². The molecular weight excluding hydrogens is 372 g/mol. The number of rotatable bonds is 2. The maximum absolute atomic E-state index is 2.40. The molecule has 31 heavy (non-hydrogen) atoms. The lowest BCUT2D eigenvalue weighted by Gasteiger charge is -2.35. The summed E-state index contributed by atoms with van der Waals surface area (Å²) in [4.78, 5) is 0. The third kappa shape index (κ3) is 2.42. The average molecular weight is 401 g/mol. The van der Waals surface area contributed by atoms with Crippen LogP contribution in [0.25, 0.3) is 0 Å². The largest absolute Gasteiger partial charge is 0.0622 e. The van der Waals surface area contributed by atoms with E-state index in [1.165, 1.54) is 50.1 Å². The van der Waals surface area contributed by atoms with Gasteiger partial charge in [0.25, 0.3) is 0 Å². The van der Waals surface area contributed by atoms with Crippen molar-refractivity contribution in [2.45, 2.75) is 38.5 Å². The molecule has 152 valence electrons. The summed E-state index contributed by atoms with van der Waals surface area (Å²) in [6.45, 7) is 6.83. The lowest BCUT2D eigenvalue weighted by atomic mass is 9.66. The minimum absolute atomic E-state index is 0.0805. The van der Waals surface area contributed by atoms with E-state index in [2.05, 4.69) is 112 Å². The van der Waals surface area contributed by atoms with Gasteiger partial charge in [0.05, 0.1) is 0 Å². The highest BCUT2D eigenvalue weighted by Crippen LogP contribution is 2.64. The number of hydrogen-bond acceptors (Lipinski definition) is 0. The predicted molar refractivity (Wildman–Crippen MR) is 129 cm³/mol. The Morgan fingerprint density at radius 1 is 0.677 bits per heavy atom. The Labute approximate surface area is 185 Å². The summed E-state index contributed by atoms with van der Waals surface area (Å²) in [6, 6.07) is 34.4. The first-order valence-electron chi connectivity index (χ1n) is 11.4. The van der Waals surface area contributed by atoms with Gasteiger partial charge in [-0.3, -0.25) is 0 Å². The quantitative estimate of drug-likeness (QED) is 0.332. The van der Waals surface area contributed by atoms with Crippen LogP contribution in [-0.2, 0) is 11.8 Å². The topological polar surface area (TPSA) is 0 Å². The van der Waals surface area contributed by atoms with Crippen molar-refractivity contribution in [1.29, 1.82) is 0 Å². The third-order valence-electron chi connectivity index (χ3n) is 7.84. The molecule has 0 aliphatic heterocycles. The molecule has 4 aromatic carbocycles. The lowest BCUT2D eigenvalue weighted by Crippen LogP contribution is -2.32. The molecule has 0 saturated carbocycles. The van der Waals surface area contributed by atoms with Crippen LogP contribution in [0.15, 0.2) is 91.0 Å². The normalized spacial score (nSPS) is 23.3. The summed E-state index contributed by atoms with van der Waals surface area (Å²) in [7, 11) is 0. The van der Waals surface area contributed by atoms with Gasteiger partial charge in [-0.05, 0) is 77.6 Å². The first-order chi connectivity index (χ1) is 15.1. The predicted octanol–water partition coefficient (Wildman–Crippen LogP) is 7.26. The van der Waals surface area contributed by atoms with Gasteiger partial charge in [-0.25, -0.2) is 0 Å². The molecular formula is C31H28. The van der Waals surface area contributed by atoms with Crippen molar-refractivity contribution in [2.75, 3.05) is 0 Å². The van der Waals surface area contributed by atoms with Crippen LogP contribution in [0.5, 0.6) is 0 Å². The fourth-order valence-electron chi connectivity index (χ4n) is 6.99. The van der Waals surface area contributed by atoms with E-state index in [-0.39, 0.29) is 5.41 Å². The molecule has 2 aliphatic rings. The smallest absolute Gasteiger partial charge is 0.0497 e. The Bertz CT molecular complexity index is 1270. The van der Waals surface area contributed by atoms with Crippen molar-refractivity contribution in [3.8, 4) is 0 Å². The van der Waals surface area contributed by atoms with Crippen molar-refractivity contribution in [3.05, 3.63) is 141 Å². The van der Waals surface area contributed by atoms with Gasteiger partial charge < -0.3 is 0 Å². The zero-order valence-corrected chi connectivity index (χ0v) is 18.5. The molecule has 1 unspecified atom stereocenters. The summed E-state index contributed by atoms with van der Waals surface area (Å²) in [5, 5.41) is 0. The minimum atomic E-state index is -0.0805. The van der Waals surface area contributed by atoms with Crippen LogP contribution >= 0.6 is 0 Å². The van der Waals surface area contributed by atoms with Gasteiger partial charge >= 0.3 is 0 Å². The van der Waals surface area contributed by atoms with E-state index in [4.69, 9.17) is 0 Å². The second kappa shape index (κ2) is 6.69. The van der Waals surface area contributed by atoms with Crippen molar-refractivity contribution in [1.82, 2.24) is 0 Å². The van der Waals surface area contributed by atoms with Crippen LogP contribution < -0.4 is 0 Å². The van der Waals surface area contributed by atoms with Crippen LogP contribution in [0.2, 0.25) is 0 Å². The molecule has 0 radical (unpaired) electrons. The Kier molecular flexibility index (Phi) is 4.02. The molecule has 3 atom stereocenters. The summed E-state index contributed by atoms with van der Waals surface area (Å²) in [5.74, 6) is 0.897. The van der Waals surface area contributed by atoms with Crippen LogP contribution in [-0.4, -0.2) is 0 Å². The van der Waals surface area contributed by atoms with Crippen LogP contribution in [0.3, 0.4) is 0 Å². The molecule has 0 heterocycles. The van der Waals surface area contributed by atoms with Gasteiger partial charge in [0.15, 0.2) is 0 Å². The fraction of sp³-hybridized carbons (Fsp3) is 0.226. The molecule has 0 bridgehead atoms. The average Bonchev–Trinajstić information content (AvgIpc) is 3.25. The molecule has 6 rings (SSSR count). The Balaban J connectivity index is 1.72. The highest BCUT2D eigenvalue weighted by Gasteiger charge is 2.58. The molecule has 2 aliphatic carbocycles. The maximum atomic E-state index is 2.40. The highest BCUT2D eigenvalue weighted by molar-refractivity contribution is 5.67. The van der Waals surface area contributed by atoms with E-state index < -0.39 is 0 Å². The Morgan fingerprint density at radius 3 is 2.03 bits per heavy atom. The molecule has 0 nitrogen and oxygen atoms in total. The number of benzene rings is 4. The van der Waals surface area contributed by atoms with E-state index in [1.54, 1.807) is 0 Å². The lowest BCUT2D eigenvalue weighted by molar-refractivity contribution is 0.406. The Hall–Kier alpha value is -3.12. The Morgan fingerprint density at radius 2 is 1.29 bits per heavy atom. The van der Waals surface area contributed by atoms with Gasteiger partial charge in [-0.2, -0.15) is 0 Å². The van der Waals surface area contributed by atoms with Crippen LogP contribution in [0.1, 0.15) is 56.0 Å². The molecule has 0 saturated heterocycles. The van der Waals surface area contributed by atoms with E-state index in [0.717, 1.165) is 6.42 Å². The van der Waals surface area contributed by atoms with E-state index in [0.29, 0.717) is 11.8 Å². The first kappa shape index (κ1) is 18.6. The summed E-state index contributed by atoms with van der Waals surface area (Å²) < 4.78 is 0. The van der Waals surface area contributed by atoms with Gasteiger partial charge in [0.2, 0.25) is 0 Å². The zero-order valence-electron chi connectivity index (χ0n) is 18.5. The molecule has 0 spiro atoms. The fourth-order valence-corrected chi connectivity index (χ4v) is 6.99. The maximum Gasteiger partial charge on any atom is 0.0497 e. The minimum Gasteiger partial charge on any atom is -0.0622 e. The van der Waals surface area contributed by atoms with Gasteiger partial charge in [0.1, 0.15) is 0 Å². The standard InChI is InChI=1S/C31H28/c1-20-17-21(2)29(22(3)18-20)30-25-14-8-10-16-27(25)31(24-12-5-4-6-13-24)26-15-9-7-11-23(26)19-28(30)31/h4-18,28,30H,19H2,1-3H3/t28-,30?,31+/m1/s1. The van der Waals surface area contributed by atoms with E-state index in [1.807, 2.05) is 0 Å². The zero-order chi connectivity index (χ0) is 21.2. The summed E-state index contributed by atoms with van der Waals surface area (Å²) in [6.07, 6.45) is 1.12. The van der Waals surface area contributed by atoms with Gasteiger partial charge in [-0.1, -0.05) is 96.6 Å². The van der Waals surface area contributed by atoms with Crippen molar-refractivity contribution >= 4 is 0 Å². The van der Waals surface area contributed by atoms with Crippen molar-refractivity contribution in [3.63, 3.8) is 0 Å². The molecule has 0 amide bonds. The number of hydrogen-bond donors (Lipinski definition) is 0. The van der Waals surface area contributed by atoms with Crippen LogP contribution in [0, 0.1) is 26.7 Å². The summed E-state index contributed by atoms with van der Waals surface area (Å²) in [5.41, 5.74) is 13.1. The summed E-state index contributed by atoms with van der Waals surface area (Å²) >= 11 is 0. The SMILES string of the molecule is Cc1cc(C)c(C2c3ccccc3[C@]3(c4ccccc4)c4ccccc4C[C@H]23)c(C)c1.